The van der Waals surface area contributed by atoms with Crippen molar-refractivity contribution in [1.29, 1.82) is 0 Å². The van der Waals surface area contributed by atoms with E-state index in [0.717, 1.165) is 25.7 Å². The average Bonchev–Trinajstić information content (AvgIpc) is 3.11. The fraction of sp³-hybridized carbons (Fsp3) is 0. The van der Waals surface area contributed by atoms with E-state index in [-0.39, 0.29) is 11.6 Å². The van der Waals surface area contributed by atoms with Gasteiger partial charge in [-0.3, -0.25) is 4.79 Å². The van der Waals surface area contributed by atoms with Gasteiger partial charge in [-0.2, -0.15) is 0 Å². The van der Waals surface area contributed by atoms with Crippen LogP contribution in [0.5, 0.6) is 0 Å². The van der Waals surface area contributed by atoms with Crippen LogP contribution in [0.1, 0.15) is 15.2 Å². The maximum atomic E-state index is 13.3. The number of carbonyl (C=O) groups excluding carboxylic acids is 1. The second-order valence-corrected chi connectivity index (χ2v) is 6.77. The Morgan fingerprint density at radius 3 is 2.81 bits per heavy atom. The Morgan fingerprint density at radius 1 is 1.00 bits per heavy atom. The summed E-state index contributed by atoms with van der Waals surface area (Å²) in [7, 11) is 0. The first-order valence-corrected chi connectivity index (χ1v) is 8.12. The van der Waals surface area contributed by atoms with Gasteiger partial charge >= 0.3 is 0 Å². The van der Waals surface area contributed by atoms with Crippen molar-refractivity contribution in [2.75, 3.05) is 0 Å². The van der Waals surface area contributed by atoms with E-state index in [4.69, 9.17) is 0 Å². The fourth-order valence-corrected chi connectivity index (χ4v) is 4.37. The van der Waals surface area contributed by atoms with Crippen molar-refractivity contribution in [1.82, 2.24) is 0 Å². The molecule has 0 aliphatic rings. The molecular formula is C17H9FOS2. The Hall–Kier alpha value is -2.04. The first-order valence-electron chi connectivity index (χ1n) is 6.42. The Kier molecular flexibility index (Phi) is 2.87. The Balaban J connectivity index is 1.87. The molecule has 0 N–H and O–H groups in total. The molecule has 0 bridgehead atoms. The number of fused-ring (bicyclic) bond motifs is 2. The van der Waals surface area contributed by atoms with E-state index in [0.29, 0.717) is 4.88 Å². The van der Waals surface area contributed by atoms with Gasteiger partial charge in [0.15, 0.2) is 0 Å². The zero-order valence-corrected chi connectivity index (χ0v) is 12.4. The van der Waals surface area contributed by atoms with Crippen LogP contribution >= 0.6 is 22.7 Å². The van der Waals surface area contributed by atoms with Gasteiger partial charge in [-0.1, -0.05) is 18.2 Å². The number of carbonyl (C=O) groups is 1. The van der Waals surface area contributed by atoms with Crippen molar-refractivity contribution in [2.24, 2.45) is 0 Å². The molecule has 0 amide bonds. The maximum Gasteiger partial charge on any atom is 0.204 e. The smallest absolute Gasteiger partial charge is 0.204 e. The van der Waals surface area contributed by atoms with Gasteiger partial charge in [-0.25, -0.2) is 4.39 Å². The molecule has 2 heterocycles. The highest BCUT2D eigenvalue weighted by atomic mass is 32.1. The van der Waals surface area contributed by atoms with Crippen LogP contribution in [0.2, 0.25) is 0 Å². The SMILES string of the molecule is O=C(c1cc2ccc(F)cc2s1)c1cccc2ccsc12. The summed E-state index contributed by atoms with van der Waals surface area (Å²) < 4.78 is 15.1. The quantitative estimate of drug-likeness (QED) is 0.448. The predicted octanol–water partition coefficient (Wildman–Crippen LogP) is 5.49. The molecule has 2 aromatic carbocycles. The van der Waals surface area contributed by atoms with Gasteiger partial charge in [0.05, 0.1) is 4.88 Å². The van der Waals surface area contributed by atoms with E-state index in [1.165, 1.54) is 23.5 Å². The third kappa shape index (κ3) is 2.07. The molecule has 0 aliphatic carbocycles. The summed E-state index contributed by atoms with van der Waals surface area (Å²) in [6.07, 6.45) is 0. The van der Waals surface area contributed by atoms with Crippen LogP contribution < -0.4 is 0 Å². The van der Waals surface area contributed by atoms with Gasteiger partial charge in [0.2, 0.25) is 5.78 Å². The minimum absolute atomic E-state index is 0.00431. The first-order chi connectivity index (χ1) is 10.2. The van der Waals surface area contributed by atoms with Crippen LogP contribution in [-0.2, 0) is 0 Å². The normalized spacial score (nSPS) is 11.3. The average molecular weight is 312 g/mol. The number of ketones is 1. The van der Waals surface area contributed by atoms with Crippen LogP contribution in [0.4, 0.5) is 4.39 Å². The lowest BCUT2D eigenvalue weighted by Gasteiger charge is -1.99. The van der Waals surface area contributed by atoms with E-state index in [2.05, 4.69) is 0 Å². The summed E-state index contributed by atoms with van der Waals surface area (Å²) in [4.78, 5) is 13.4. The molecule has 102 valence electrons. The highest BCUT2D eigenvalue weighted by Gasteiger charge is 2.16. The van der Waals surface area contributed by atoms with Crippen molar-refractivity contribution in [2.45, 2.75) is 0 Å². The molecule has 4 heteroatoms. The van der Waals surface area contributed by atoms with Crippen LogP contribution in [0, 0.1) is 5.82 Å². The van der Waals surface area contributed by atoms with Crippen molar-refractivity contribution >= 4 is 48.6 Å². The highest BCUT2D eigenvalue weighted by Crippen LogP contribution is 2.31. The molecule has 21 heavy (non-hydrogen) atoms. The molecule has 0 aliphatic heterocycles. The lowest BCUT2D eigenvalue weighted by atomic mass is 10.1. The minimum Gasteiger partial charge on any atom is -0.288 e. The van der Waals surface area contributed by atoms with Crippen LogP contribution in [0.3, 0.4) is 0 Å². The number of thiophene rings is 2. The van der Waals surface area contributed by atoms with E-state index in [9.17, 15) is 9.18 Å². The number of benzene rings is 2. The summed E-state index contributed by atoms with van der Waals surface area (Å²) in [5.41, 5.74) is 0.717. The Morgan fingerprint density at radius 2 is 1.90 bits per heavy atom. The van der Waals surface area contributed by atoms with Gasteiger partial charge in [0, 0.05) is 15.0 Å². The van der Waals surface area contributed by atoms with Crippen molar-refractivity contribution < 1.29 is 9.18 Å². The summed E-state index contributed by atoms with van der Waals surface area (Å²) in [5.74, 6) is -0.270. The molecule has 1 nitrogen and oxygen atoms in total. The molecule has 4 rings (SSSR count). The molecule has 0 radical (unpaired) electrons. The van der Waals surface area contributed by atoms with E-state index >= 15 is 0 Å². The molecule has 0 saturated carbocycles. The topological polar surface area (TPSA) is 17.1 Å². The van der Waals surface area contributed by atoms with Gasteiger partial charge < -0.3 is 0 Å². The predicted molar refractivity (Wildman–Crippen MR) is 87.0 cm³/mol. The van der Waals surface area contributed by atoms with Crippen molar-refractivity contribution in [3.63, 3.8) is 0 Å². The lowest BCUT2D eigenvalue weighted by Crippen LogP contribution is -1.98. The largest absolute Gasteiger partial charge is 0.288 e. The highest BCUT2D eigenvalue weighted by molar-refractivity contribution is 7.21. The van der Waals surface area contributed by atoms with Crippen molar-refractivity contribution in [3.8, 4) is 0 Å². The van der Waals surface area contributed by atoms with Gasteiger partial charge in [-0.15, -0.1) is 22.7 Å². The molecule has 2 aromatic heterocycles. The molecule has 0 atom stereocenters. The van der Waals surface area contributed by atoms with E-state index < -0.39 is 0 Å². The van der Waals surface area contributed by atoms with Crippen LogP contribution in [0.25, 0.3) is 20.2 Å². The summed E-state index contributed by atoms with van der Waals surface area (Å²) in [6, 6.07) is 14.2. The molecule has 0 spiro atoms. The Labute approximate surface area is 128 Å². The number of hydrogen-bond acceptors (Lipinski definition) is 3. The number of rotatable bonds is 2. The summed E-state index contributed by atoms with van der Waals surface area (Å²) >= 11 is 2.91. The summed E-state index contributed by atoms with van der Waals surface area (Å²) in [5, 5.41) is 3.97. The second kappa shape index (κ2) is 4.76. The molecule has 0 unspecified atom stereocenters. The first kappa shape index (κ1) is 12.7. The van der Waals surface area contributed by atoms with E-state index in [1.807, 2.05) is 35.7 Å². The van der Waals surface area contributed by atoms with E-state index in [1.54, 1.807) is 17.4 Å². The zero-order valence-electron chi connectivity index (χ0n) is 10.8. The third-order valence-corrected chi connectivity index (χ3v) is 5.49. The summed E-state index contributed by atoms with van der Waals surface area (Å²) in [6.45, 7) is 0. The minimum atomic E-state index is -0.274. The molecular weight excluding hydrogens is 303 g/mol. The van der Waals surface area contributed by atoms with Gasteiger partial charge in [0.1, 0.15) is 5.82 Å². The maximum absolute atomic E-state index is 13.3. The second-order valence-electron chi connectivity index (χ2n) is 4.77. The van der Waals surface area contributed by atoms with Gasteiger partial charge in [-0.05, 0) is 46.5 Å². The number of hydrogen-bond donors (Lipinski definition) is 0. The Bertz CT molecular complexity index is 981. The van der Waals surface area contributed by atoms with Crippen LogP contribution in [0.15, 0.2) is 53.9 Å². The number of halogens is 1. The fourth-order valence-electron chi connectivity index (χ4n) is 2.42. The molecule has 0 saturated heterocycles. The third-order valence-electron chi connectivity index (χ3n) is 3.43. The standard InChI is InChI=1S/C17H9FOS2/c18-12-5-4-11-8-15(21-14(11)9-12)16(19)13-3-1-2-10-6-7-20-17(10)13/h1-9H. The molecule has 4 aromatic rings. The van der Waals surface area contributed by atoms with Crippen molar-refractivity contribution in [3.05, 3.63) is 70.2 Å². The zero-order chi connectivity index (χ0) is 14.4. The van der Waals surface area contributed by atoms with Gasteiger partial charge in [0.25, 0.3) is 0 Å². The van der Waals surface area contributed by atoms with Crippen LogP contribution in [-0.4, -0.2) is 5.78 Å². The monoisotopic (exact) mass is 312 g/mol. The lowest BCUT2D eigenvalue weighted by molar-refractivity contribution is 0.104. The molecule has 0 fully saturated rings.